The maximum atomic E-state index is 11.5. The second-order valence-corrected chi connectivity index (χ2v) is 4.29. The lowest BCUT2D eigenvalue weighted by Crippen LogP contribution is -2.22. The van der Waals surface area contributed by atoms with Crippen molar-refractivity contribution in [1.29, 1.82) is 0 Å². The molecule has 0 fully saturated rings. The first-order chi connectivity index (χ1) is 8.22. The van der Waals surface area contributed by atoms with Crippen LogP contribution in [-0.4, -0.2) is 17.7 Å². The number of carbonyl (C=O) groups excluding carboxylic acids is 1. The lowest BCUT2D eigenvalue weighted by atomic mass is 10.2. The quantitative estimate of drug-likeness (QED) is 0.848. The fourth-order valence-corrected chi connectivity index (χ4v) is 2.19. The first kappa shape index (κ1) is 11.8. The van der Waals surface area contributed by atoms with Crippen molar-refractivity contribution in [2.75, 3.05) is 6.61 Å². The number of rotatable bonds is 4. The number of thiophene rings is 1. The maximum absolute atomic E-state index is 11.5. The second kappa shape index (κ2) is 5.11. The van der Waals surface area contributed by atoms with Crippen molar-refractivity contribution in [1.82, 2.24) is 10.6 Å². The molecule has 0 unspecified atom stereocenters. The molecule has 2 heterocycles. The van der Waals surface area contributed by atoms with Gasteiger partial charge in [-0.2, -0.15) is 0 Å². The number of hydrogen-bond acceptors (Lipinski definition) is 5. The molecule has 2 rings (SSSR count). The van der Waals surface area contributed by atoms with E-state index in [-0.39, 0.29) is 5.76 Å². The van der Waals surface area contributed by atoms with Crippen molar-refractivity contribution in [3.8, 4) is 10.6 Å². The molecule has 0 radical (unpaired) electrons. The molecule has 0 aliphatic heterocycles. The first-order valence-corrected chi connectivity index (χ1v) is 6.03. The summed E-state index contributed by atoms with van der Waals surface area (Å²) in [4.78, 5) is 17.3. The summed E-state index contributed by atoms with van der Waals surface area (Å²) in [6.45, 7) is 4.17. The van der Waals surface area contributed by atoms with E-state index in [1.807, 2.05) is 18.4 Å². The highest BCUT2D eigenvalue weighted by atomic mass is 32.1. The average molecular weight is 252 g/mol. The van der Waals surface area contributed by atoms with Gasteiger partial charge in [-0.15, -0.1) is 11.3 Å². The molecule has 90 valence electrons. The van der Waals surface area contributed by atoms with Crippen molar-refractivity contribution in [3.05, 3.63) is 28.8 Å². The van der Waals surface area contributed by atoms with Crippen LogP contribution in [0.1, 0.15) is 23.0 Å². The van der Waals surface area contributed by atoms with Crippen LogP contribution >= 0.6 is 11.3 Å². The van der Waals surface area contributed by atoms with Crippen molar-refractivity contribution >= 4 is 17.2 Å². The highest BCUT2D eigenvalue weighted by Crippen LogP contribution is 2.28. The summed E-state index contributed by atoms with van der Waals surface area (Å²) in [5, 5.41) is 5.84. The molecule has 6 heteroatoms. The molecule has 17 heavy (non-hydrogen) atoms. The van der Waals surface area contributed by atoms with Gasteiger partial charge in [0.2, 0.25) is 5.76 Å². The van der Waals surface area contributed by atoms with Gasteiger partial charge in [0.1, 0.15) is 5.69 Å². The zero-order valence-electron chi connectivity index (χ0n) is 9.52. The van der Waals surface area contributed by atoms with Crippen LogP contribution in [0, 0.1) is 6.92 Å². The second-order valence-electron chi connectivity index (χ2n) is 3.37. The molecule has 0 saturated heterocycles. The molecule has 2 aromatic rings. The third-order valence-electron chi connectivity index (χ3n) is 2.14. The molecule has 0 saturated carbocycles. The number of aryl methyl sites for hydroxylation is 1. The zero-order chi connectivity index (χ0) is 12.3. The predicted octanol–water partition coefficient (Wildman–Crippen LogP) is 2.39. The van der Waals surface area contributed by atoms with Crippen molar-refractivity contribution < 1.29 is 14.2 Å². The molecule has 0 spiro atoms. The van der Waals surface area contributed by atoms with Crippen LogP contribution in [0.4, 0.5) is 0 Å². The highest BCUT2D eigenvalue weighted by Gasteiger charge is 2.15. The van der Waals surface area contributed by atoms with Gasteiger partial charge in [0.25, 0.3) is 0 Å². The minimum atomic E-state index is -0.431. The number of amides is 1. The van der Waals surface area contributed by atoms with E-state index in [9.17, 15) is 4.79 Å². The third kappa shape index (κ3) is 2.54. The van der Waals surface area contributed by atoms with Gasteiger partial charge < -0.3 is 4.52 Å². The number of hydroxylamine groups is 1. The van der Waals surface area contributed by atoms with E-state index in [1.54, 1.807) is 24.3 Å². The summed E-state index contributed by atoms with van der Waals surface area (Å²) in [5.41, 5.74) is 4.03. The van der Waals surface area contributed by atoms with Gasteiger partial charge in [-0.25, -0.2) is 5.48 Å². The number of hydrogen-bond donors (Lipinski definition) is 1. The number of aromatic nitrogens is 1. The van der Waals surface area contributed by atoms with Crippen LogP contribution in [0.3, 0.4) is 0 Å². The Morgan fingerprint density at radius 1 is 1.65 bits per heavy atom. The topological polar surface area (TPSA) is 64.4 Å². The Labute approximate surface area is 102 Å². The third-order valence-corrected chi connectivity index (χ3v) is 3.18. The zero-order valence-corrected chi connectivity index (χ0v) is 10.3. The van der Waals surface area contributed by atoms with Crippen molar-refractivity contribution in [2.45, 2.75) is 13.8 Å². The van der Waals surface area contributed by atoms with Crippen molar-refractivity contribution in [2.24, 2.45) is 0 Å². The van der Waals surface area contributed by atoms with Gasteiger partial charge in [0, 0.05) is 6.07 Å². The lowest BCUT2D eigenvalue weighted by Gasteiger charge is -1.98. The Balaban J connectivity index is 2.16. The number of nitrogens with one attached hydrogen (secondary N) is 1. The van der Waals surface area contributed by atoms with Gasteiger partial charge in [-0.3, -0.25) is 9.63 Å². The maximum Gasteiger partial charge on any atom is 0.313 e. The standard InChI is InChI=1S/C11H12N2O3S/c1-3-15-13-11(14)9-6-8(12-16-9)10-7(2)4-5-17-10/h4-6H,3H2,1-2H3,(H,13,14). The van der Waals surface area contributed by atoms with Gasteiger partial charge in [0.05, 0.1) is 11.5 Å². The minimum Gasteiger partial charge on any atom is -0.350 e. The van der Waals surface area contributed by atoms with E-state index in [0.717, 1.165) is 10.4 Å². The van der Waals surface area contributed by atoms with Gasteiger partial charge in [0.15, 0.2) is 0 Å². The molecule has 1 amide bonds. The smallest absolute Gasteiger partial charge is 0.313 e. The fraction of sp³-hybridized carbons (Fsp3) is 0.273. The van der Waals surface area contributed by atoms with Crippen LogP contribution in [0.25, 0.3) is 10.6 Å². The molecule has 0 atom stereocenters. The SMILES string of the molecule is CCONC(=O)c1cc(-c2sccc2C)no1. The van der Waals surface area contributed by atoms with Crippen LogP contribution in [-0.2, 0) is 4.84 Å². The molecule has 0 aromatic carbocycles. The molecule has 0 aliphatic carbocycles. The van der Waals surface area contributed by atoms with Gasteiger partial charge in [-0.1, -0.05) is 5.16 Å². The van der Waals surface area contributed by atoms with Crippen LogP contribution in [0.5, 0.6) is 0 Å². The number of nitrogens with zero attached hydrogens (tertiary/aromatic N) is 1. The summed E-state index contributed by atoms with van der Waals surface area (Å²) in [6.07, 6.45) is 0. The average Bonchev–Trinajstić information content (AvgIpc) is 2.93. The molecule has 1 N–H and O–H groups in total. The van der Waals surface area contributed by atoms with Crippen LogP contribution < -0.4 is 5.48 Å². The van der Waals surface area contributed by atoms with Crippen LogP contribution in [0.15, 0.2) is 22.0 Å². The van der Waals surface area contributed by atoms with Crippen LogP contribution in [0.2, 0.25) is 0 Å². The van der Waals surface area contributed by atoms with E-state index in [0.29, 0.717) is 12.3 Å². The Kier molecular flexibility index (Phi) is 3.55. The predicted molar refractivity (Wildman–Crippen MR) is 63.6 cm³/mol. The summed E-state index contributed by atoms with van der Waals surface area (Å²) < 4.78 is 4.97. The summed E-state index contributed by atoms with van der Waals surface area (Å²) in [7, 11) is 0. The van der Waals surface area contributed by atoms with E-state index in [2.05, 4.69) is 10.6 Å². The molecule has 0 aliphatic rings. The molecule has 2 aromatic heterocycles. The first-order valence-electron chi connectivity index (χ1n) is 5.15. The summed E-state index contributed by atoms with van der Waals surface area (Å²) >= 11 is 1.56. The molecule has 0 bridgehead atoms. The van der Waals surface area contributed by atoms with E-state index < -0.39 is 5.91 Å². The highest BCUT2D eigenvalue weighted by molar-refractivity contribution is 7.13. The minimum absolute atomic E-state index is 0.140. The number of carbonyl (C=O) groups is 1. The normalized spacial score (nSPS) is 10.5. The van der Waals surface area contributed by atoms with E-state index in [1.165, 1.54) is 0 Å². The summed E-state index contributed by atoms with van der Waals surface area (Å²) in [6, 6.07) is 3.60. The fourth-order valence-electron chi connectivity index (χ4n) is 1.31. The Morgan fingerprint density at radius 3 is 3.12 bits per heavy atom. The molecular formula is C11H12N2O3S. The van der Waals surface area contributed by atoms with E-state index >= 15 is 0 Å². The van der Waals surface area contributed by atoms with Gasteiger partial charge >= 0.3 is 5.91 Å². The molecule has 5 nitrogen and oxygen atoms in total. The Morgan fingerprint density at radius 2 is 2.47 bits per heavy atom. The lowest BCUT2D eigenvalue weighted by molar-refractivity contribution is 0.0334. The van der Waals surface area contributed by atoms with Gasteiger partial charge in [-0.05, 0) is 30.9 Å². The Hall–Kier alpha value is -1.66. The largest absolute Gasteiger partial charge is 0.350 e. The summed E-state index contributed by atoms with van der Waals surface area (Å²) in [5.74, 6) is -0.291. The monoisotopic (exact) mass is 252 g/mol. The van der Waals surface area contributed by atoms with Crippen molar-refractivity contribution in [3.63, 3.8) is 0 Å². The van der Waals surface area contributed by atoms with E-state index in [4.69, 9.17) is 9.36 Å². The molecular weight excluding hydrogens is 240 g/mol. The Bertz CT molecular complexity index is 518.